The first-order valence-electron chi connectivity index (χ1n) is 6.36. The maximum Gasteiger partial charge on any atom is 0.122 e. The molecule has 1 N–H and O–H groups in total. The highest BCUT2D eigenvalue weighted by Crippen LogP contribution is 2.26. The minimum atomic E-state index is 0.257. The van der Waals surface area contributed by atoms with Crippen LogP contribution in [-0.4, -0.2) is 18.8 Å². The van der Waals surface area contributed by atoms with Gasteiger partial charge in [-0.1, -0.05) is 32.9 Å². The average molecular weight is 236 g/mol. The van der Waals surface area contributed by atoms with Gasteiger partial charge in [-0.25, -0.2) is 0 Å². The van der Waals surface area contributed by atoms with Crippen LogP contribution in [0.25, 0.3) is 0 Å². The van der Waals surface area contributed by atoms with Gasteiger partial charge in [0.2, 0.25) is 0 Å². The maximum absolute atomic E-state index is 8.95. The van der Waals surface area contributed by atoms with Gasteiger partial charge in [0.1, 0.15) is 5.75 Å². The highest BCUT2D eigenvalue weighted by Gasteiger charge is 2.10. The van der Waals surface area contributed by atoms with E-state index in [-0.39, 0.29) is 6.61 Å². The molecule has 1 aromatic rings. The van der Waals surface area contributed by atoms with Crippen LogP contribution in [0.5, 0.6) is 5.75 Å². The number of hydrogen-bond acceptors (Lipinski definition) is 2. The third-order valence-electron chi connectivity index (χ3n) is 3.16. The topological polar surface area (TPSA) is 29.5 Å². The highest BCUT2D eigenvalue weighted by molar-refractivity contribution is 5.38. The third-order valence-corrected chi connectivity index (χ3v) is 3.16. The molecule has 0 aliphatic carbocycles. The molecule has 1 aromatic carbocycles. The largest absolute Gasteiger partial charge is 0.496 e. The lowest BCUT2D eigenvalue weighted by atomic mass is 9.93. The zero-order chi connectivity index (χ0) is 12.8. The number of methoxy groups -OCH3 is 1. The van der Waals surface area contributed by atoms with E-state index in [2.05, 4.69) is 39.0 Å². The van der Waals surface area contributed by atoms with Gasteiger partial charge in [-0.3, -0.25) is 0 Å². The molecular formula is C15H24O2. The summed E-state index contributed by atoms with van der Waals surface area (Å²) >= 11 is 0. The van der Waals surface area contributed by atoms with Crippen LogP contribution in [0.3, 0.4) is 0 Å². The fourth-order valence-corrected chi connectivity index (χ4v) is 2.02. The van der Waals surface area contributed by atoms with Crippen molar-refractivity contribution in [2.75, 3.05) is 13.7 Å². The lowest BCUT2D eigenvalue weighted by Gasteiger charge is -2.15. The normalized spacial score (nSPS) is 12.8. The Morgan fingerprint density at radius 1 is 1.24 bits per heavy atom. The van der Waals surface area contributed by atoms with Crippen molar-refractivity contribution in [1.29, 1.82) is 0 Å². The second-order valence-corrected chi connectivity index (χ2v) is 5.05. The van der Waals surface area contributed by atoms with Crippen molar-refractivity contribution in [2.45, 2.75) is 39.5 Å². The van der Waals surface area contributed by atoms with Crippen molar-refractivity contribution in [3.8, 4) is 5.75 Å². The second-order valence-electron chi connectivity index (χ2n) is 5.05. The zero-order valence-corrected chi connectivity index (χ0v) is 11.4. The van der Waals surface area contributed by atoms with Crippen molar-refractivity contribution in [2.24, 2.45) is 5.92 Å². The first-order valence-corrected chi connectivity index (χ1v) is 6.36. The number of ether oxygens (including phenoxy) is 1. The summed E-state index contributed by atoms with van der Waals surface area (Å²) in [5.41, 5.74) is 2.59. The van der Waals surface area contributed by atoms with E-state index in [9.17, 15) is 0 Å². The summed E-state index contributed by atoms with van der Waals surface area (Å²) in [5, 5.41) is 8.95. The monoisotopic (exact) mass is 236 g/mol. The molecule has 0 heterocycles. The Kier molecular flexibility index (Phi) is 5.49. The quantitative estimate of drug-likeness (QED) is 0.820. The van der Waals surface area contributed by atoms with E-state index >= 15 is 0 Å². The predicted molar refractivity (Wildman–Crippen MR) is 71.7 cm³/mol. The Labute approximate surface area is 105 Å². The molecule has 17 heavy (non-hydrogen) atoms. The summed E-state index contributed by atoms with van der Waals surface area (Å²) in [4.78, 5) is 0. The average Bonchev–Trinajstić information content (AvgIpc) is 2.29. The Morgan fingerprint density at radius 3 is 2.47 bits per heavy atom. The van der Waals surface area contributed by atoms with Gasteiger partial charge in [-0.05, 0) is 41.9 Å². The first-order chi connectivity index (χ1) is 8.08. The highest BCUT2D eigenvalue weighted by atomic mass is 16.5. The van der Waals surface area contributed by atoms with Gasteiger partial charge >= 0.3 is 0 Å². The molecule has 96 valence electrons. The van der Waals surface area contributed by atoms with Crippen molar-refractivity contribution in [1.82, 2.24) is 0 Å². The second kappa shape index (κ2) is 6.65. The van der Waals surface area contributed by atoms with E-state index in [1.54, 1.807) is 7.11 Å². The maximum atomic E-state index is 8.95. The fourth-order valence-electron chi connectivity index (χ4n) is 2.02. The molecule has 0 amide bonds. The van der Waals surface area contributed by atoms with Crippen LogP contribution in [0.15, 0.2) is 18.2 Å². The van der Waals surface area contributed by atoms with Gasteiger partial charge in [0.05, 0.1) is 7.11 Å². The third kappa shape index (κ3) is 4.04. The molecule has 0 radical (unpaired) electrons. The number of rotatable bonds is 6. The summed E-state index contributed by atoms with van der Waals surface area (Å²) in [7, 11) is 1.71. The van der Waals surface area contributed by atoms with Crippen molar-refractivity contribution in [3.63, 3.8) is 0 Å². The van der Waals surface area contributed by atoms with Gasteiger partial charge in [0.25, 0.3) is 0 Å². The van der Waals surface area contributed by atoms with Crippen molar-refractivity contribution < 1.29 is 9.84 Å². The molecule has 0 aromatic heterocycles. The molecule has 1 rings (SSSR count). The molecule has 0 saturated carbocycles. The summed E-state index contributed by atoms with van der Waals surface area (Å²) in [6.07, 6.45) is 1.80. The minimum absolute atomic E-state index is 0.257. The fraction of sp³-hybridized carbons (Fsp3) is 0.600. The van der Waals surface area contributed by atoms with Gasteiger partial charge in [0.15, 0.2) is 0 Å². The van der Waals surface area contributed by atoms with E-state index in [0.717, 1.165) is 18.6 Å². The Hall–Kier alpha value is -1.02. The number of aliphatic hydroxyl groups is 1. The first kappa shape index (κ1) is 14.0. The molecule has 0 spiro atoms. The Bertz CT molecular complexity index is 345. The van der Waals surface area contributed by atoms with Crippen LogP contribution in [0.2, 0.25) is 0 Å². The van der Waals surface area contributed by atoms with E-state index in [0.29, 0.717) is 11.8 Å². The lowest BCUT2D eigenvalue weighted by molar-refractivity contribution is 0.261. The molecule has 0 bridgehead atoms. The van der Waals surface area contributed by atoms with Crippen LogP contribution in [0.1, 0.15) is 44.2 Å². The van der Waals surface area contributed by atoms with Gasteiger partial charge in [-0.2, -0.15) is 0 Å². The number of aliphatic hydroxyl groups excluding tert-OH is 1. The molecule has 2 nitrogen and oxygen atoms in total. The van der Waals surface area contributed by atoms with Gasteiger partial charge in [0, 0.05) is 6.61 Å². The molecule has 1 unspecified atom stereocenters. The standard InChI is InChI=1S/C15H24O2/c1-11(2)13-5-6-15(17-4)14(10-13)9-12(3)7-8-16/h5-6,10-12,16H,7-9H2,1-4H3. The molecule has 0 aliphatic rings. The smallest absolute Gasteiger partial charge is 0.122 e. The predicted octanol–water partition coefficient (Wildman–Crippen LogP) is 3.38. The summed E-state index contributed by atoms with van der Waals surface area (Å²) in [6, 6.07) is 6.41. The minimum Gasteiger partial charge on any atom is -0.496 e. The molecule has 0 saturated heterocycles. The summed E-state index contributed by atoms with van der Waals surface area (Å²) < 4.78 is 5.40. The molecule has 2 heteroatoms. The Balaban J connectivity index is 2.89. The molecule has 1 atom stereocenters. The number of benzene rings is 1. The van der Waals surface area contributed by atoms with Crippen LogP contribution in [-0.2, 0) is 6.42 Å². The van der Waals surface area contributed by atoms with Crippen LogP contribution in [0, 0.1) is 5.92 Å². The van der Waals surface area contributed by atoms with Gasteiger partial charge in [-0.15, -0.1) is 0 Å². The van der Waals surface area contributed by atoms with Crippen molar-refractivity contribution >= 4 is 0 Å². The number of hydrogen-bond donors (Lipinski definition) is 1. The van der Waals surface area contributed by atoms with Crippen LogP contribution in [0.4, 0.5) is 0 Å². The summed E-state index contributed by atoms with van der Waals surface area (Å²) in [6.45, 7) is 6.82. The van der Waals surface area contributed by atoms with E-state index in [4.69, 9.17) is 9.84 Å². The Morgan fingerprint density at radius 2 is 1.94 bits per heavy atom. The van der Waals surface area contributed by atoms with Crippen LogP contribution >= 0.6 is 0 Å². The SMILES string of the molecule is COc1ccc(C(C)C)cc1CC(C)CCO. The van der Waals surface area contributed by atoms with Crippen LogP contribution < -0.4 is 4.74 Å². The molecular weight excluding hydrogens is 212 g/mol. The molecule has 0 aliphatic heterocycles. The van der Waals surface area contributed by atoms with E-state index < -0.39 is 0 Å². The van der Waals surface area contributed by atoms with E-state index in [1.807, 2.05) is 0 Å². The van der Waals surface area contributed by atoms with E-state index in [1.165, 1.54) is 11.1 Å². The zero-order valence-electron chi connectivity index (χ0n) is 11.4. The summed E-state index contributed by atoms with van der Waals surface area (Å²) in [5.74, 6) is 1.98. The van der Waals surface area contributed by atoms with Crippen molar-refractivity contribution in [3.05, 3.63) is 29.3 Å². The molecule has 0 fully saturated rings. The van der Waals surface area contributed by atoms with Gasteiger partial charge < -0.3 is 9.84 Å². The lowest BCUT2D eigenvalue weighted by Crippen LogP contribution is -2.04.